The number of halogens is 2. The lowest BCUT2D eigenvalue weighted by molar-refractivity contribution is 0.0947. The molecule has 0 saturated carbocycles. The zero-order valence-electron chi connectivity index (χ0n) is 9.02. The highest BCUT2D eigenvalue weighted by Gasteiger charge is 2.26. The molecule has 0 amide bonds. The number of carbonyl (C=O) groups excluding carboxylic acids is 1. The minimum absolute atomic E-state index is 0.150. The molecule has 1 N–H and O–H groups in total. The summed E-state index contributed by atoms with van der Waals surface area (Å²) in [6.45, 7) is 2.23. The van der Waals surface area contributed by atoms with E-state index in [-0.39, 0.29) is 23.0 Å². The van der Waals surface area contributed by atoms with E-state index < -0.39 is 11.6 Å². The molecule has 2 rings (SSSR count). The van der Waals surface area contributed by atoms with Crippen LogP contribution in [0.15, 0.2) is 12.1 Å². The fourth-order valence-corrected chi connectivity index (χ4v) is 1.93. The molecule has 1 aliphatic rings. The molecule has 0 aliphatic carbocycles. The molecule has 86 valence electrons. The maximum atomic E-state index is 13.5. The van der Waals surface area contributed by atoms with Crippen molar-refractivity contribution in [3.05, 3.63) is 34.9 Å². The Morgan fingerprint density at radius 2 is 2.12 bits per heavy atom. The Kier molecular flexibility index (Phi) is 3.01. The average molecular weight is 225 g/mol. The molecular formula is C12H13F2NO. The van der Waals surface area contributed by atoms with Crippen molar-refractivity contribution < 1.29 is 13.6 Å². The highest BCUT2D eigenvalue weighted by molar-refractivity contribution is 6.00. The molecule has 4 heteroatoms. The van der Waals surface area contributed by atoms with Gasteiger partial charge in [-0.15, -0.1) is 0 Å². The van der Waals surface area contributed by atoms with E-state index in [1.807, 2.05) is 0 Å². The summed E-state index contributed by atoms with van der Waals surface area (Å²) in [5.74, 6) is -2.31. The molecule has 0 spiro atoms. The third-order valence-corrected chi connectivity index (χ3v) is 2.92. The first kappa shape index (κ1) is 11.2. The van der Waals surface area contributed by atoms with Gasteiger partial charge in [0.2, 0.25) is 0 Å². The molecule has 0 aromatic heterocycles. The fraction of sp³-hybridized carbons (Fsp3) is 0.417. The van der Waals surface area contributed by atoms with Gasteiger partial charge in [0.25, 0.3) is 0 Å². The summed E-state index contributed by atoms with van der Waals surface area (Å²) in [4.78, 5) is 11.9. The van der Waals surface area contributed by atoms with Gasteiger partial charge in [0.15, 0.2) is 17.4 Å². The second kappa shape index (κ2) is 4.29. The second-order valence-electron chi connectivity index (χ2n) is 4.07. The predicted octanol–water partition coefficient (Wildman–Crippen LogP) is 2.21. The van der Waals surface area contributed by atoms with Crippen LogP contribution in [0.25, 0.3) is 0 Å². The van der Waals surface area contributed by atoms with E-state index in [1.54, 1.807) is 0 Å². The lowest BCUT2D eigenvalue weighted by Gasteiger charge is -2.10. The van der Waals surface area contributed by atoms with Crippen LogP contribution in [0.4, 0.5) is 8.78 Å². The smallest absolute Gasteiger partial charge is 0.182 e. The van der Waals surface area contributed by atoms with Crippen LogP contribution < -0.4 is 5.32 Å². The predicted molar refractivity (Wildman–Crippen MR) is 56.5 cm³/mol. The molecule has 1 aliphatic heterocycles. The van der Waals surface area contributed by atoms with Crippen molar-refractivity contribution in [2.24, 2.45) is 0 Å². The summed E-state index contributed by atoms with van der Waals surface area (Å²) in [6, 6.07) is 2.42. The second-order valence-corrected chi connectivity index (χ2v) is 4.07. The first-order valence-electron chi connectivity index (χ1n) is 5.33. The van der Waals surface area contributed by atoms with E-state index in [0.717, 1.165) is 13.0 Å². The van der Waals surface area contributed by atoms with Gasteiger partial charge in [-0.2, -0.15) is 0 Å². The van der Waals surface area contributed by atoms with Crippen LogP contribution in [0, 0.1) is 18.6 Å². The van der Waals surface area contributed by atoms with E-state index in [0.29, 0.717) is 6.42 Å². The van der Waals surface area contributed by atoms with Crippen LogP contribution >= 0.6 is 0 Å². The summed E-state index contributed by atoms with van der Waals surface area (Å²) in [5, 5.41) is 2.98. The average Bonchev–Trinajstić information content (AvgIpc) is 2.79. The third kappa shape index (κ3) is 1.85. The van der Waals surface area contributed by atoms with Crippen LogP contribution in [0.2, 0.25) is 0 Å². The van der Waals surface area contributed by atoms with Gasteiger partial charge in [-0.25, -0.2) is 8.78 Å². The lowest BCUT2D eigenvalue weighted by Crippen LogP contribution is -2.31. The van der Waals surface area contributed by atoms with Gasteiger partial charge in [0, 0.05) is 0 Å². The van der Waals surface area contributed by atoms with Crippen LogP contribution in [0.1, 0.15) is 28.8 Å². The molecule has 2 nitrogen and oxygen atoms in total. The summed E-state index contributed by atoms with van der Waals surface area (Å²) < 4.78 is 26.8. The molecular weight excluding hydrogens is 212 g/mol. The van der Waals surface area contributed by atoms with Gasteiger partial charge >= 0.3 is 0 Å². The van der Waals surface area contributed by atoms with Crippen molar-refractivity contribution in [1.82, 2.24) is 5.32 Å². The molecule has 1 aromatic rings. The maximum Gasteiger partial charge on any atom is 0.182 e. The van der Waals surface area contributed by atoms with Crippen molar-refractivity contribution in [3.8, 4) is 0 Å². The topological polar surface area (TPSA) is 29.1 Å². The fourth-order valence-electron chi connectivity index (χ4n) is 1.93. The number of ketones is 1. The van der Waals surface area contributed by atoms with Crippen molar-refractivity contribution in [2.45, 2.75) is 25.8 Å². The van der Waals surface area contributed by atoms with E-state index in [9.17, 15) is 13.6 Å². The number of benzene rings is 1. The SMILES string of the molecule is Cc1ccc(C(=O)C2CCCN2)c(F)c1F. The highest BCUT2D eigenvalue weighted by Crippen LogP contribution is 2.19. The molecule has 1 atom stereocenters. The minimum atomic E-state index is -1.03. The first-order valence-corrected chi connectivity index (χ1v) is 5.33. The number of nitrogens with one attached hydrogen (secondary N) is 1. The van der Waals surface area contributed by atoms with Crippen molar-refractivity contribution in [2.75, 3.05) is 6.54 Å². The Morgan fingerprint density at radius 3 is 2.75 bits per heavy atom. The van der Waals surface area contributed by atoms with Crippen LogP contribution in [-0.2, 0) is 0 Å². The summed E-state index contributed by atoms with van der Waals surface area (Å²) in [6.07, 6.45) is 1.58. The van der Waals surface area contributed by atoms with E-state index >= 15 is 0 Å². The van der Waals surface area contributed by atoms with Gasteiger partial charge in [-0.05, 0) is 37.9 Å². The number of carbonyl (C=O) groups is 1. The number of aryl methyl sites for hydroxylation is 1. The Balaban J connectivity index is 2.33. The lowest BCUT2D eigenvalue weighted by atomic mass is 10.0. The highest BCUT2D eigenvalue weighted by atomic mass is 19.2. The largest absolute Gasteiger partial charge is 0.307 e. The molecule has 16 heavy (non-hydrogen) atoms. The zero-order valence-corrected chi connectivity index (χ0v) is 9.02. The number of hydrogen-bond donors (Lipinski definition) is 1. The van der Waals surface area contributed by atoms with Crippen LogP contribution in [0.5, 0.6) is 0 Å². The quantitative estimate of drug-likeness (QED) is 0.782. The molecule has 1 saturated heterocycles. The number of hydrogen-bond acceptors (Lipinski definition) is 2. The molecule has 1 unspecified atom stereocenters. The van der Waals surface area contributed by atoms with Crippen LogP contribution in [0.3, 0.4) is 0 Å². The third-order valence-electron chi connectivity index (χ3n) is 2.92. The van der Waals surface area contributed by atoms with Gasteiger partial charge in [0.05, 0.1) is 11.6 Å². The standard InChI is InChI=1S/C12H13F2NO/c1-7-4-5-8(11(14)10(7)13)12(16)9-3-2-6-15-9/h4-5,9,15H,2-3,6H2,1H3. The molecule has 0 radical (unpaired) electrons. The van der Waals surface area contributed by atoms with Crippen molar-refractivity contribution in [3.63, 3.8) is 0 Å². The summed E-state index contributed by atoms with van der Waals surface area (Å²) in [5.41, 5.74) is 0.0657. The zero-order chi connectivity index (χ0) is 11.7. The normalized spacial score (nSPS) is 20.1. The summed E-state index contributed by atoms with van der Waals surface area (Å²) >= 11 is 0. The minimum Gasteiger partial charge on any atom is -0.307 e. The Labute approximate surface area is 92.7 Å². The Bertz CT molecular complexity index is 425. The van der Waals surface area contributed by atoms with Gasteiger partial charge in [-0.3, -0.25) is 4.79 Å². The van der Waals surface area contributed by atoms with Gasteiger partial charge < -0.3 is 5.32 Å². The van der Waals surface area contributed by atoms with Crippen molar-refractivity contribution in [1.29, 1.82) is 0 Å². The molecule has 1 heterocycles. The van der Waals surface area contributed by atoms with Gasteiger partial charge in [0.1, 0.15) is 0 Å². The van der Waals surface area contributed by atoms with E-state index in [2.05, 4.69) is 5.32 Å². The number of rotatable bonds is 2. The van der Waals surface area contributed by atoms with E-state index in [4.69, 9.17) is 0 Å². The first-order chi connectivity index (χ1) is 7.61. The molecule has 1 aromatic carbocycles. The van der Waals surface area contributed by atoms with Crippen LogP contribution in [-0.4, -0.2) is 18.4 Å². The molecule has 1 fully saturated rings. The Morgan fingerprint density at radius 1 is 1.38 bits per heavy atom. The van der Waals surface area contributed by atoms with Gasteiger partial charge in [-0.1, -0.05) is 6.07 Å². The van der Waals surface area contributed by atoms with E-state index in [1.165, 1.54) is 19.1 Å². The van der Waals surface area contributed by atoms with Crippen molar-refractivity contribution >= 4 is 5.78 Å². The monoisotopic (exact) mass is 225 g/mol. The number of Topliss-reactive ketones (excluding diaryl/α,β-unsaturated/α-hetero) is 1. The Hall–Kier alpha value is -1.29. The summed E-state index contributed by atoms with van der Waals surface area (Å²) in [7, 11) is 0. The maximum absolute atomic E-state index is 13.5. The molecule has 0 bridgehead atoms.